The van der Waals surface area contributed by atoms with Crippen LogP contribution in [0.15, 0.2) is 24.3 Å². The van der Waals surface area contributed by atoms with Gasteiger partial charge in [0.15, 0.2) is 0 Å². The summed E-state index contributed by atoms with van der Waals surface area (Å²) < 4.78 is 26.7. The first-order valence-corrected chi connectivity index (χ1v) is 9.45. The van der Waals surface area contributed by atoms with Crippen molar-refractivity contribution >= 4 is 10.0 Å². The molecule has 0 bridgehead atoms. The predicted octanol–water partition coefficient (Wildman–Crippen LogP) is 1.21. The van der Waals surface area contributed by atoms with Crippen molar-refractivity contribution in [3.05, 3.63) is 35.4 Å². The maximum Gasteiger partial charge on any atom is 0.218 e. The van der Waals surface area contributed by atoms with Crippen LogP contribution in [0.5, 0.6) is 0 Å². The molecule has 5 nitrogen and oxygen atoms in total. The molecule has 124 valence electrons. The van der Waals surface area contributed by atoms with Gasteiger partial charge >= 0.3 is 0 Å². The number of aryl methyl sites for hydroxylation is 1. The van der Waals surface area contributed by atoms with Crippen LogP contribution in [0.1, 0.15) is 24.5 Å². The molecule has 22 heavy (non-hydrogen) atoms. The number of aliphatic hydroxyl groups excluding tert-OH is 1. The molecular weight excluding hydrogens is 300 g/mol. The van der Waals surface area contributed by atoms with E-state index in [0.29, 0.717) is 26.2 Å². The zero-order valence-electron chi connectivity index (χ0n) is 13.4. The van der Waals surface area contributed by atoms with E-state index in [1.54, 1.807) is 4.31 Å². The average molecular weight is 326 g/mol. The molecule has 6 heteroatoms. The van der Waals surface area contributed by atoms with Gasteiger partial charge in [-0.2, -0.15) is 4.31 Å². The van der Waals surface area contributed by atoms with Gasteiger partial charge in [-0.1, -0.05) is 36.8 Å². The molecule has 0 aromatic heterocycles. The minimum atomic E-state index is -3.27. The predicted molar refractivity (Wildman–Crippen MR) is 88.1 cm³/mol. The Bertz CT molecular complexity index is 577. The van der Waals surface area contributed by atoms with Crippen LogP contribution >= 0.6 is 0 Å². The first kappa shape index (κ1) is 17.4. The molecule has 0 radical (unpaired) electrons. The number of nitrogens with zero attached hydrogens (tertiary/aromatic N) is 2. The highest BCUT2D eigenvalue weighted by Crippen LogP contribution is 2.16. The second kappa shape index (κ2) is 7.55. The van der Waals surface area contributed by atoms with Gasteiger partial charge in [0.2, 0.25) is 10.0 Å². The van der Waals surface area contributed by atoms with Crippen molar-refractivity contribution in [2.75, 3.05) is 32.8 Å². The van der Waals surface area contributed by atoms with Gasteiger partial charge in [0, 0.05) is 32.2 Å². The Morgan fingerprint density at radius 3 is 2.45 bits per heavy atom. The normalized spacial score (nSPS) is 19.2. The Kier molecular flexibility index (Phi) is 5.97. The largest absolute Gasteiger partial charge is 0.395 e. The lowest BCUT2D eigenvalue weighted by molar-refractivity contribution is 0.0880. The third kappa shape index (κ3) is 4.29. The van der Waals surface area contributed by atoms with E-state index < -0.39 is 10.0 Å². The fourth-order valence-corrected chi connectivity index (χ4v) is 4.46. The zero-order chi connectivity index (χ0) is 16.2. The number of piperazine rings is 1. The van der Waals surface area contributed by atoms with Gasteiger partial charge in [0.25, 0.3) is 0 Å². The summed E-state index contributed by atoms with van der Waals surface area (Å²) in [6, 6.07) is 7.79. The summed E-state index contributed by atoms with van der Waals surface area (Å²) in [6.07, 6.45) is 0.881. The van der Waals surface area contributed by atoms with Gasteiger partial charge in [-0.15, -0.1) is 0 Å². The summed E-state index contributed by atoms with van der Waals surface area (Å²) in [7, 11) is -3.27. The summed E-state index contributed by atoms with van der Waals surface area (Å²) in [5, 5.41) is 9.35. The van der Waals surface area contributed by atoms with Crippen molar-refractivity contribution in [1.29, 1.82) is 0 Å². The molecule has 1 N–H and O–H groups in total. The van der Waals surface area contributed by atoms with Gasteiger partial charge < -0.3 is 5.11 Å². The van der Waals surface area contributed by atoms with Crippen LogP contribution < -0.4 is 0 Å². The molecule has 2 rings (SSSR count). The van der Waals surface area contributed by atoms with Gasteiger partial charge in [-0.05, 0) is 18.9 Å². The van der Waals surface area contributed by atoms with Crippen LogP contribution in [-0.4, -0.2) is 61.6 Å². The molecule has 1 unspecified atom stereocenters. The van der Waals surface area contributed by atoms with Gasteiger partial charge in [0.05, 0.1) is 12.4 Å². The van der Waals surface area contributed by atoms with Gasteiger partial charge in [-0.3, -0.25) is 4.90 Å². The Hall–Kier alpha value is -0.950. The molecular formula is C16H26N2O3S. The van der Waals surface area contributed by atoms with E-state index in [1.165, 1.54) is 0 Å². The lowest BCUT2D eigenvalue weighted by Gasteiger charge is -2.37. The number of hydrogen-bond donors (Lipinski definition) is 1. The molecule has 1 heterocycles. The highest BCUT2D eigenvalue weighted by molar-refractivity contribution is 7.88. The molecule has 1 fully saturated rings. The van der Waals surface area contributed by atoms with Gasteiger partial charge in [0.1, 0.15) is 0 Å². The first-order chi connectivity index (χ1) is 10.5. The number of benzene rings is 1. The third-order valence-electron chi connectivity index (χ3n) is 4.30. The third-order valence-corrected chi connectivity index (χ3v) is 6.15. The fraction of sp³-hybridized carbons (Fsp3) is 0.625. The van der Waals surface area contributed by atoms with Crippen molar-refractivity contribution in [3.8, 4) is 0 Å². The molecule has 1 aromatic rings. The topological polar surface area (TPSA) is 60.9 Å². The summed E-state index contributed by atoms with van der Waals surface area (Å²) in [4.78, 5) is 2.18. The second-order valence-corrected chi connectivity index (χ2v) is 7.89. The molecule has 1 atom stereocenters. The van der Waals surface area contributed by atoms with Crippen LogP contribution in [-0.2, 0) is 15.8 Å². The van der Waals surface area contributed by atoms with E-state index in [0.717, 1.165) is 17.5 Å². The highest BCUT2D eigenvalue weighted by atomic mass is 32.2. The molecule has 1 aliphatic heterocycles. The lowest BCUT2D eigenvalue weighted by atomic mass is 10.2. The van der Waals surface area contributed by atoms with Crippen LogP contribution in [0.4, 0.5) is 0 Å². The van der Waals surface area contributed by atoms with Crippen molar-refractivity contribution < 1.29 is 13.5 Å². The van der Waals surface area contributed by atoms with E-state index in [9.17, 15) is 13.5 Å². The maximum absolute atomic E-state index is 12.5. The minimum absolute atomic E-state index is 0.0614. The first-order valence-electron chi connectivity index (χ1n) is 7.84. The monoisotopic (exact) mass is 326 g/mol. The van der Waals surface area contributed by atoms with Crippen molar-refractivity contribution in [2.45, 2.75) is 32.1 Å². The second-order valence-electron chi connectivity index (χ2n) is 5.92. The van der Waals surface area contributed by atoms with E-state index in [2.05, 4.69) is 4.90 Å². The molecule has 0 spiro atoms. The number of sulfonamides is 1. The Morgan fingerprint density at radius 2 is 1.91 bits per heavy atom. The van der Waals surface area contributed by atoms with E-state index in [1.807, 2.05) is 38.1 Å². The number of rotatable bonds is 6. The van der Waals surface area contributed by atoms with Gasteiger partial charge in [-0.25, -0.2) is 8.42 Å². The van der Waals surface area contributed by atoms with Crippen molar-refractivity contribution in [3.63, 3.8) is 0 Å². The van der Waals surface area contributed by atoms with Crippen LogP contribution in [0.3, 0.4) is 0 Å². The zero-order valence-corrected chi connectivity index (χ0v) is 14.2. The summed E-state index contributed by atoms with van der Waals surface area (Å²) in [5.74, 6) is 0.0614. The molecule has 0 amide bonds. The van der Waals surface area contributed by atoms with E-state index in [-0.39, 0.29) is 18.4 Å². The fourth-order valence-electron chi connectivity index (χ4n) is 2.95. The molecule has 1 aliphatic rings. The van der Waals surface area contributed by atoms with Crippen LogP contribution in [0.25, 0.3) is 0 Å². The number of aliphatic hydroxyl groups is 1. The maximum atomic E-state index is 12.5. The summed E-state index contributed by atoms with van der Waals surface area (Å²) >= 11 is 0. The number of hydrogen-bond acceptors (Lipinski definition) is 4. The summed E-state index contributed by atoms with van der Waals surface area (Å²) in [5.41, 5.74) is 1.91. The highest BCUT2D eigenvalue weighted by Gasteiger charge is 2.29. The minimum Gasteiger partial charge on any atom is -0.395 e. The SMILES string of the molecule is CCC(CO)N1CCN(S(=O)(=O)Cc2cccc(C)c2)CC1. The van der Waals surface area contributed by atoms with Crippen molar-refractivity contribution in [1.82, 2.24) is 9.21 Å². The summed E-state index contributed by atoms with van der Waals surface area (Å²) in [6.45, 7) is 6.52. The Balaban J connectivity index is 1.97. The Morgan fingerprint density at radius 1 is 1.23 bits per heavy atom. The molecule has 1 aromatic carbocycles. The Labute approximate surface area is 133 Å². The van der Waals surface area contributed by atoms with Crippen LogP contribution in [0.2, 0.25) is 0 Å². The smallest absolute Gasteiger partial charge is 0.218 e. The van der Waals surface area contributed by atoms with Crippen LogP contribution in [0, 0.1) is 6.92 Å². The quantitative estimate of drug-likeness (QED) is 0.854. The standard InChI is InChI=1S/C16H26N2O3S/c1-3-16(12-19)17-7-9-18(10-8-17)22(20,21)13-15-6-4-5-14(2)11-15/h4-6,11,16,19H,3,7-10,12-13H2,1-2H3. The van der Waals surface area contributed by atoms with E-state index in [4.69, 9.17) is 0 Å². The molecule has 0 saturated carbocycles. The van der Waals surface area contributed by atoms with Crippen molar-refractivity contribution in [2.24, 2.45) is 0 Å². The van der Waals surface area contributed by atoms with E-state index >= 15 is 0 Å². The lowest BCUT2D eigenvalue weighted by Crippen LogP contribution is -2.52. The molecule has 1 saturated heterocycles. The molecule has 0 aliphatic carbocycles. The average Bonchev–Trinajstić information content (AvgIpc) is 2.48.